The topological polar surface area (TPSA) is 278 Å². The molecule has 0 saturated heterocycles. The van der Waals surface area contributed by atoms with Gasteiger partial charge in [0.1, 0.15) is 36.4 Å². The first kappa shape index (κ1) is 45.7. The molecule has 0 aliphatic heterocycles. The Morgan fingerprint density at radius 3 is 2.05 bits per heavy atom. The molecule has 0 radical (unpaired) electrons. The van der Waals surface area contributed by atoms with Crippen LogP contribution in [0.5, 0.6) is 0 Å². The number of nitrogens with one attached hydrogen (secondary N) is 5. The lowest BCUT2D eigenvalue weighted by molar-refractivity contribution is -0.151. The molecule has 0 unspecified atom stereocenters. The highest BCUT2D eigenvalue weighted by Crippen LogP contribution is 2.31. The second kappa shape index (κ2) is 21.6. The van der Waals surface area contributed by atoms with Crippen LogP contribution in [0.4, 0.5) is 5.69 Å². The quantitative estimate of drug-likeness (QED) is 0.0583. The van der Waals surface area contributed by atoms with Crippen LogP contribution in [0.25, 0.3) is 21.8 Å². The Bertz CT molecular complexity index is 1800. The molecule has 0 spiro atoms. The summed E-state index contributed by atoms with van der Waals surface area (Å²) in [6.45, 7) is 8.47. The molecule has 0 aliphatic rings. The number of fused-ring (bicyclic) bond motifs is 3. The third-order valence-electron chi connectivity index (χ3n) is 9.94. The predicted molar refractivity (Wildman–Crippen MR) is 211 cm³/mol. The van der Waals surface area contributed by atoms with Gasteiger partial charge in [-0.05, 0) is 68.8 Å². The second-order valence-electron chi connectivity index (χ2n) is 14.4. The van der Waals surface area contributed by atoms with Gasteiger partial charge in [-0.25, -0.2) is 0 Å². The molecule has 3 rings (SSSR count). The number of nitrogens with two attached hydrogens (primary N) is 1. The van der Waals surface area contributed by atoms with E-state index in [4.69, 9.17) is 10.8 Å². The number of carbonyl (C=O) groups is 5. The first-order valence-corrected chi connectivity index (χ1v) is 19.1. The Kier molecular flexibility index (Phi) is 17.6. The van der Waals surface area contributed by atoms with Crippen LogP contribution in [0.1, 0.15) is 60.3 Å². The van der Waals surface area contributed by atoms with E-state index in [2.05, 4.69) is 38.1 Å². The number of nitrogens with zero attached hydrogens (tertiary/aromatic N) is 1. The Labute approximate surface area is 326 Å². The van der Waals surface area contributed by atoms with Crippen molar-refractivity contribution in [3.63, 3.8) is 0 Å². The summed E-state index contributed by atoms with van der Waals surface area (Å²) in [5, 5.41) is 64.0. The zero-order valence-corrected chi connectivity index (χ0v) is 32.7. The number of anilines is 1. The SMILES string of the molecule is CC[C@H](C)[C@H](NC(=O)[C@H](O)[C@@H](O)[C@H](O)[C@H](O)CO)C(=O)N[C@H](C(=O)NCC(=O)N[C@@H](CCCCN)C(=O)Nc1ccc2c(c1)c1ccccc1n2CC)C(C)C. The highest BCUT2D eigenvalue weighted by molar-refractivity contribution is 6.10. The summed E-state index contributed by atoms with van der Waals surface area (Å²) in [6, 6.07) is 10.2. The molecule has 0 bridgehead atoms. The summed E-state index contributed by atoms with van der Waals surface area (Å²) < 4.78 is 2.19. The van der Waals surface area contributed by atoms with Crippen molar-refractivity contribution >= 4 is 57.0 Å². The molecule has 0 aliphatic carbocycles. The first-order valence-electron chi connectivity index (χ1n) is 19.1. The minimum absolute atomic E-state index is 0.292. The molecule has 12 N–H and O–H groups in total. The number of hydrogen-bond acceptors (Lipinski definition) is 11. The molecule has 0 fully saturated rings. The fourth-order valence-electron chi connectivity index (χ4n) is 6.38. The molecule has 17 heteroatoms. The van der Waals surface area contributed by atoms with E-state index < -0.39 is 97.1 Å². The third kappa shape index (κ3) is 11.7. The number of unbranched alkanes of at least 4 members (excludes halogenated alkanes) is 1. The molecule has 8 atom stereocenters. The number of aromatic nitrogens is 1. The molecule has 3 aromatic rings. The van der Waals surface area contributed by atoms with E-state index in [-0.39, 0.29) is 0 Å². The van der Waals surface area contributed by atoms with Crippen LogP contribution < -0.4 is 32.3 Å². The molecule has 56 heavy (non-hydrogen) atoms. The van der Waals surface area contributed by atoms with Gasteiger partial charge in [0.2, 0.25) is 23.6 Å². The number of aryl methyl sites for hydroxylation is 1. The lowest BCUT2D eigenvalue weighted by Gasteiger charge is -2.30. The maximum Gasteiger partial charge on any atom is 0.252 e. The number of aliphatic hydroxyl groups excluding tert-OH is 5. The van der Waals surface area contributed by atoms with Crippen LogP contribution in [-0.4, -0.2) is 122 Å². The first-order chi connectivity index (χ1) is 26.6. The van der Waals surface area contributed by atoms with Gasteiger partial charge < -0.3 is 62.4 Å². The summed E-state index contributed by atoms with van der Waals surface area (Å²) in [5.41, 5.74) is 8.34. The zero-order chi connectivity index (χ0) is 41.7. The van der Waals surface area contributed by atoms with Gasteiger partial charge >= 0.3 is 0 Å². The van der Waals surface area contributed by atoms with Crippen LogP contribution in [-0.2, 0) is 30.5 Å². The van der Waals surface area contributed by atoms with Crippen molar-refractivity contribution in [3.8, 4) is 0 Å². The molecular weight excluding hydrogens is 726 g/mol. The zero-order valence-electron chi connectivity index (χ0n) is 32.7. The normalized spacial score (nSPS) is 15.9. The van der Waals surface area contributed by atoms with Crippen molar-refractivity contribution in [2.75, 3.05) is 25.0 Å². The van der Waals surface area contributed by atoms with Crippen molar-refractivity contribution in [2.45, 2.75) is 109 Å². The lowest BCUT2D eigenvalue weighted by Crippen LogP contribution is -2.60. The van der Waals surface area contributed by atoms with Crippen LogP contribution >= 0.6 is 0 Å². The summed E-state index contributed by atoms with van der Waals surface area (Å²) >= 11 is 0. The Balaban J connectivity index is 1.67. The Morgan fingerprint density at radius 2 is 1.43 bits per heavy atom. The number of benzene rings is 2. The van der Waals surface area contributed by atoms with Gasteiger partial charge in [0.25, 0.3) is 5.91 Å². The van der Waals surface area contributed by atoms with E-state index in [1.165, 1.54) is 0 Å². The smallest absolute Gasteiger partial charge is 0.252 e. The minimum Gasteiger partial charge on any atom is -0.394 e. The van der Waals surface area contributed by atoms with Gasteiger partial charge in [0.05, 0.1) is 13.2 Å². The van der Waals surface area contributed by atoms with Gasteiger partial charge in [-0.1, -0.05) is 52.3 Å². The van der Waals surface area contributed by atoms with Gasteiger partial charge in [0.15, 0.2) is 6.10 Å². The maximum atomic E-state index is 13.5. The van der Waals surface area contributed by atoms with Gasteiger partial charge in [0, 0.05) is 34.0 Å². The molecule has 1 aromatic heterocycles. The van der Waals surface area contributed by atoms with Crippen molar-refractivity contribution in [1.82, 2.24) is 25.8 Å². The van der Waals surface area contributed by atoms with E-state index in [0.717, 1.165) is 28.4 Å². The Hall–Kier alpha value is -4.65. The molecule has 2 aromatic carbocycles. The van der Waals surface area contributed by atoms with E-state index in [1.807, 2.05) is 42.5 Å². The molecule has 310 valence electrons. The Morgan fingerprint density at radius 1 is 0.768 bits per heavy atom. The number of aliphatic hydroxyl groups is 5. The summed E-state index contributed by atoms with van der Waals surface area (Å²) in [7, 11) is 0. The largest absolute Gasteiger partial charge is 0.394 e. The summed E-state index contributed by atoms with van der Waals surface area (Å²) in [4.78, 5) is 66.3. The summed E-state index contributed by atoms with van der Waals surface area (Å²) in [5.74, 6) is -4.85. The number of amides is 5. The van der Waals surface area contributed by atoms with Gasteiger partial charge in [-0.2, -0.15) is 0 Å². The third-order valence-corrected chi connectivity index (χ3v) is 9.94. The van der Waals surface area contributed by atoms with E-state index >= 15 is 0 Å². The van der Waals surface area contributed by atoms with Crippen LogP contribution in [0, 0.1) is 11.8 Å². The number of carbonyl (C=O) groups excluding carboxylic acids is 5. The molecular formula is C39H59N7O10. The lowest BCUT2D eigenvalue weighted by atomic mass is 9.95. The fourth-order valence-corrected chi connectivity index (χ4v) is 6.38. The second-order valence-corrected chi connectivity index (χ2v) is 14.4. The van der Waals surface area contributed by atoms with Gasteiger partial charge in [-0.3, -0.25) is 24.0 Å². The average Bonchev–Trinajstić information content (AvgIpc) is 3.51. The van der Waals surface area contributed by atoms with Crippen LogP contribution in [0.2, 0.25) is 0 Å². The average molecular weight is 786 g/mol. The monoisotopic (exact) mass is 785 g/mol. The van der Waals surface area contributed by atoms with Crippen molar-refractivity contribution < 1.29 is 49.5 Å². The fraction of sp³-hybridized carbons (Fsp3) is 0.564. The highest BCUT2D eigenvalue weighted by atomic mass is 16.4. The number of para-hydroxylation sites is 1. The standard InChI is InChI=1S/C39H59N7O10/c1-6-22(5)32(45-39(56)35(52)34(51)33(50)29(48)20-47)38(55)44-31(21(3)4)37(54)41-19-30(49)43-26(13-10-11-17-40)36(53)42-23-15-16-28-25(18-23)24-12-8-9-14-27(24)46(28)7-2/h8-9,12,14-16,18,21-22,26,29,31-35,47-48,50-52H,6-7,10-11,13,17,19-20,40H2,1-5H3,(H,41,54)(H,42,53)(H,43,49)(H,44,55)(H,45,56)/t22-,26-,29+,31-,32-,33+,34-,35+/m0/s1. The molecule has 0 saturated carbocycles. The summed E-state index contributed by atoms with van der Waals surface area (Å²) in [6.07, 6.45) is -6.51. The van der Waals surface area contributed by atoms with E-state index in [9.17, 15) is 44.4 Å². The molecule has 1 heterocycles. The minimum atomic E-state index is -2.27. The maximum absolute atomic E-state index is 13.5. The highest BCUT2D eigenvalue weighted by Gasteiger charge is 2.37. The number of rotatable bonds is 22. The molecule has 5 amide bonds. The van der Waals surface area contributed by atoms with Gasteiger partial charge in [-0.15, -0.1) is 0 Å². The number of hydrogen-bond donors (Lipinski definition) is 11. The van der Waals surface area contributed by atoms with E-state index in [1.54, 1.807) is 27.7 Å². The van der Waals surface area contributed by atoms with E-state index in [0.29, 0.717) is 37.9 Å². The van der Waals surface area contributed by atoms with Crippen molar-refractivity contribution in [3.05, 3.63) is 42.5 Å². The predicted octanol–water partition coefficient (Wildman–Crippen LogP) is -0.409. The van der Waals surface area contributed by atoms with Crippen LogP contribution in [0.15, 0.2) is 42.5 Å². The van der Waals surface area contributed by atoms with Crippen molar-refractivity contribution in [2.24, 2.45) is 17.6 Å². The van der Waals surface area contributed by atoms with Crippen LogP contribution in [0.3, 0.4) is 0 Å². The van der Waals surface area contributed by atoms with Crippen molar-refractivity contribution in [1.29, 1.82) is 0 Å². The molecule has 17 nitrogen and oxygen atoms in total.